The van der Waals surface area contributed by atoms with Crippen molar-refractivity contribution in [1.82, 2.24) is 33.6 Å². The molecule has 0 unspecified atom stereocenters. The summed E-state index contributed by atoms with van der Waals surface area (Å²) in [6, 6.07) is 9.86. The van der Waals surface area contributed by atoms with Crippen molar-refractivity contribution in [3.8, 4) is 23.0 Å². The van der Waals surface area contributed by atoms with Gasteiger partial charge >= 0.3 is 0 Å². The number of imidazole rings is 2. The normalized spacial score (nSPS) is 16.5. The molecule has 1 aromatic carbocycles. The summed E-state index contributed by atoms with van der Waals surface area (Å²) in [7, 11) is 0. The molecule has 0 atom stereocenters. The van der Waals surface area contributed by atoms with Crippen molar-refractivity contribution in [2.24, 2.45) is 0 Å². The smallest absolute Gasteiger partial charge is 0.267 e. The molecule has 2 aliphatic rings. The number of fused-ring (bicyclic) bond motifs is 1. The van der Waals surface area contributed by atoms with Gasteiger partial charge in [-0.1, -0.05) is 6.07 Å². The Labute approximate surface area is 213 Å². The van der Waals surface area contributed by atoms with Gasteiger partial charge in [-0.05, 0) is 62.4 Å². The summed E-state index contributed by atoms with van der Waals surface area (Å²) in [6.45, 7) is 3.52. The molecule has 9 nitrogen and oxygen atoms in total. The molecule has 0 amide bonds. The first-order chi connectivity index (χ1) is 18.2. The summed E-state index contributed by atoms with van der Waals surface area (Å²) < 4.78 is 11.2. The van der Waals surface area contributed by atoms with Gasteiger partial charge in [0.1, 0.15) is 17.8 Å². The van der Waals surface area contributed by atoms with Crippen LogP contribution in [-0.4, -0.2) is 46.9 Å². The summed E-state index contributed by atoms with van der Waals surface area (Å²) in [5.41, 5.74) is 4.31. The highest BCUT2D eigenvalue weighted by Crippen LogP contribution is 2.39. The minimum absolute atomic E-state index is 0.161. The highest BCUT2D eigenvalue weighted by molar-refractivity contribution is 5.81. The second kappa shape index (κ2) is 8.77. The predicted octanol–water partition coefficient (Wildman–Crippen LogP) is 4.37. The highest BCUT2D eigenvalue weighted by atomic mass is 16.5. The Morgan fingerprint density at radius 1 is 1.00 bits per heavy atom. The van der Waals surface area contributed by atoms with Crippen LogP contribution in [0.2, 0.25) is 0 Å². The van der Waals surface area contributed by atoms with Gasteiger partial charge in [-0.15, -0.1) is 0 Å². The Hall–Kier alpha value is -4.11. The maximum Gasteiger partial charge on any atom is 0.267 e. The minimum Gasteiger partial charge on any atom is -0.381 e. The maximum absolute atomic E-state index is 13.7. The van der Waals surface area contributed by atoms with E-state index < -0.39 is 0 Å². The van der Waals surface area contributed by atoms with Crippen molar-refractivity contribution >= 4 is 10.9 Å². The topological polar surface area (TPSA) is 92.7 Å². The molecule has 0 bridgehead atoms. The summed E-state index contributed by atoms with van der Waals surface area (Å²) in [4.78, 5) is 32.3. The van der Waals surface area contributed by atoms with Gasteiger partial charge < -0.3 is 13.9 Å². The molecule has 1 aliphatic carbocycles. The molecule has 1 saturated carbocycles. The molecular formula is C28H27N7O2. The van der Waals surface area contributed by atoms with Crippen LogP contribution in [-0.2, 0) is 4.74 Å². The van der Waals surface area contributed by atoms with Gasteiger partial charge in [0.15, 0.2) is 5.82 Å². The minimum atomic E-state index is -0.161. The van der Waals surface area contributed by atoms with E-state index in [0.717, 1.165) is 54.5 Å². The van der Waals surface area contributed by atoms with E-state index in [-0.39, 0.29) is 5.56 Å². The Morgan fingerprint density at radius 3 is 2.70 bits per heavy atom. The van der Waals surface area contributed by atoms with Crippen molar-refractivity contribution < 1.29 is 4.74 Å². The van der Waals surface area contributed by atoms with Gasteiger partial charge in [-0.3, -0.25) is 9.36 Å². The summed E-state index contributed by atoms with van der Waals surface area (Å²) in [5.74, 6) is 1.88. The lowest BCUT2D eigenvalue weighted by atomic mass is 10.1. The zero-order valence-electron chi connectivity index (χ0n) is 20.6. The first-order valence-electron chi connectivity index (χ1n) is 12.8. The van der Waals surface area contributed by atoms with Crippen LogP contribution < -0.4 is 5.56 Å². The third-order valence-electron chi connectivity index (χ3n) is 7.42. The van der Waals surface area contributed by atoms with E-state index in [1.807, 2.05) is 54.3 Å². The van der Waals surface area contributed by atoms with Crippen LogP contribution in [0.4, 0.5) is 0 Å². The lowest BCUT2D eigenvalue weighted by molar-refractivity contribution is 0.0700. The molecule has 0 radical (unpaired) electrons. The number of hydrogen-bond donors (Lipinski definition) is 0. The second-order valence-corrected chi connectivity index (χ2v) is 9.94. The predicted molar refractivity (Wildman–Crippen MR) is 139 cm³/mol. The average Bonchev–Trinajstić information content (AvgIpc) is 3.45. The molecule has 0 N–H and O–H groups in total. The number of benzene rings is 1. The molecule has 4 aromatic heterocycles. The lowest BCUT2D eigenvalue weighted by Crippen LogP contribution is -2.21. The Morgan fingerprint density at radius 2 is 1.86 bits per heavy atom. The molecule has 5 heterocycles. The Bertz CT molecular complexity index is 1670. The number of pyridine rings is 1. The fourth-order valence-corrected chi connectivity index (χ4v) is 5.21. The number of nitrogens with zero attached hydrogens (tertiary/aromatic N) is 7. The van der Waals surface area contributed by atoms with Crippen molar-refractivity contribution in [2.45, 2.75) is 44.6 Å². The molecule has 2 fully saturated rings. The van der Waals surface area contributed by atoms with Gasteiger partial charge in [-0.25, -0.2) is 19.9 Å². The summed E-state index contributed by atoms with van der Waals surface area (Å²) in [6.07, 6.45) is 13.6. The van der Waals surface area contributed by atoms with Crippen molar-refractivity contribution in [3.63, 3.8) is 0 Å². The van der Waals surface area contributed by atoms with Gasteiger partial charge in [0.25, 0.3) is 5.56 Å². The number of aryl methyl sites for hydroxylation is 1. The third kappa shape index (κ3) is 3.95. The van der Waals surface area contributed by atoms with E-state index in [4.69, 9.17) is 9.72 Å². The molecule has 1 saturated heterocycles. The molecule has 37 heavy (non-hydrogen) atoms. The SMILES string of the molecule is Cc1cc2ncn(-c3cccc(-c4nccn4C4CCOCC4)n3)c(=O)c2cc1-n1cnc(C2CC2)c1. The lowest BCUT2D eigenvalue weighted by Gasteiger charge is -2.24. The maximum atomic E-state index is 13.7. The first kappa shape index (κ1) is 22.1. The van der Waals surface area contributed by atoms with E-state index in [2.05, 4.69) is 25.7 Å². The van der Waals surface area contributed by atoms with E-state index in [1.165, 1.54) is 17.4 Å². The second-order valence-electron chi connectivity index (χ2n) is 9.94. The number of hydrogen-bond acceptors (Lipinski definition) is 6. The molecular weight excluding hydrogens is 466 g/mol. The van der Waals surface area contributed by atoms with Crippen LogP contribution >= 0.6 is 0 Å². The zero-order chi connectivity index (χ0) is 24.9. The largest absolute Gasteiger partial charge is 0.381 e. The quantitative estimate of drug-likeness (QED) is 0.361. The number of rotatable bonds is 5. The first-order valence-corrected chi connectivity index (χ1v) is 12.8. The fourth-order valence-electron chi connectivity index (χ4n) is 5.21. The summed E-state index contributed by atoms with van der Waals surface area (Å²) in [5, 5.41) is 0.542. The van der Waals surface area contributed by atoms with Crippen molar-refractivity contribution in [1.29, 1.82) is 0 Å². The van der Waals surface area contributed by atoms with Gasteiger partial charge in [0, 0.05) is 43.8 Å². The van der Waals surface area contributed by atoms with Crippen LogP contribution in [0.1, 0.15) is 48.9 Å². The Balaban J connectivity index is 1.29. The standard InChI is InChI=1S/C28H27N7O2/c1-18-13-23-21(14-25(18)33-15-24(30-16-33)19-5-6-19)28(36)35(17-31-23)26-4-2-3-22(32-26)27-29-9-10-34(27)20-7-11-37-12-8-20/h2-4,9-10,13-17,19-20H,5-8,11-12H2,1H3. The molecule has 0 spiro atoms. The highest BCUT2D eigenvalue weighted by Gasteiger charge is 2.26. The van der Waals surface area contributed by atoms with Crippen molar-refractivity contribution in [3.05, 3.63) is 83.2 Å². The third-order valence-corrected chi connectivity index (χ3v) is 7.42. The van der Waals surface area contributed by atoms with E-state index in [9.17, 15) is 4.79 Å². The zero-order valence-corrected chi connectivity index (χ0v) is 20.6. The van der Waals surface area contributed by atoms with Gasteiger partial charge in [0.2, 0.25) is 0 Å². The van der Waals surface area contributed by atoms with E-state index in [0.29, 0.717) is 28.7 Å². The Kier molecular flexibility index (Phi) is 5.24. The van der Waals surface area contributed by atoms with Crippen LogP contribution in [0.25, 0.3) is 33.9 Å². The van der Waals surface area contributed by atoms with Gasteiger partial charge in [-0.2, -0.15) is 0 Å². The van der Waals surface area contributed by atoms with Crippen LogP contribution in [0.5, 0.6) is 0 Å². The summed E-state index contributed by atoms with van der Waals surface area (Å²) >= 11 is 0. The monoisotopic (exact) mass is 493 g/mol. The van der Waals surface area contributed by atoms with E-state index in [1.54, 1.807) is 12.5 Å². The molecule has 186 valence electrons. The van der Waals surface area contributed by atoms with E-state index >= 15 is 0 Å². The molecule has 9 heteroatoms. The van der Waals surface area contributed by atoms with Crippen molar-refractivity contribution in [2.75, 3.05) is 13.2 Å². The van der Waals surface area contributed by atoms with Gasteiger partial charge in [0.05, 0.1) is 28.6 Å². The molecule has 1 aliphatic heterocycles. The molecule has 7 rings (SSSR count). The van der Waals surface area contributed by atoms with Crippen LogP contribution in [0.3, 0.4) is 0 Å². The number of aromatic nitrogens is 7. The van der Waals surface area contributed by atoms with Crippen LogP contribution in [0.15, 0.2) is 66.4 Å². The average molecular weight is 494 g/mol. The number of ether oxygens (including phenoxy) is 1. The molecule has 5 aromatic rings. The fraction of sp³-hybridized carbons (Fsp3) is 0.321. The van der Waals surface area contributed by atoms with Crippen LogP contribution in [0, 0.1) is 6.92 Å².